The number of fused-ring (bicyclic) bond motifs is 1. The highest BCUT2D eigenvalue weighted by molar-refractivity contribution is 5.74. The predicted molar refractivity (Wildman–Crippen MR) is 66.2 cm³/mol. The molecule has 5 heteroatoms. The van der Waals surface area contributed by atoms with E-state index in [9.17, 15) is 4.79 Å². The average Bonchev–Trinajstić information content (AvgIpc) is 2.39. The van der Waals surface area contributed by atoms with Crippen molar-refractivity contribution in [3.05, 3.63) is 28.7 Å². The van der Waals surface area contributed by atoms with Gasteiger partial charge in [-0.25, -0.2) is 4.98 Å². The molecule has 0 saturated carbocycles. The van der Waals surface area contributed by atoms with E-state index in [0.29, 0.717) is 5.65 Å². The highest BCUT2D eigenvalue weighted by Crippen LogP contribution is 2.16. The molecule has 0 spiro atoms. The minimum Gasteiger partial charge on any atom is -0.341 e. The molecule has 3 rings (SSSR count). The number of hydrogen-bond acceptors (Lipinski definition) is 4. The van der Waals surface area contributed by atoms with E-state index in [2.05, 4.69) is 19.9 Å². The van der Waals surface area contributed by atoms with Gasteiger partial charge < -0.3 is 9.88 Å². The summed E-state index contributed by atoms with van der Waals surface area (Å²) in [6.45, 7) is 2.01. The van der Waals surface area contributed by atoms with Crippen LogP contribution in [0.15, 0.2) is 23.1 Å². The molecule has 88 valence electrons. The van der Waals surface area contributed by atoms with Gasteiger partial charge in [0.1, 0.15) is 5.65 Å². The standard InChI is InChI=1S/C12H14N4O/c17-10-5-4-9-8-13-12(15-11(9)14-10)16-6-2-1-3-7-16/h4-5,8H,1-3,6-7H2,(H,13,14,15,17). The minimum atomic E-state index is -0.124. The molecule has 2 aromatic rings. The summed E-state index contributed by atoms with van der Waals surface area (Å²) in [5.41, 5.74) is 0.494. The van der Waals surface area contributed by atoms with Crippen molar-refractivity contribution >= 4 is 17.0 Å². The lowest BCUT2D eigenvalue weighted by molar-refractivity contribution is 0.569. The van der Waals surface area contributed by atoms with Crippen molar-refractivity contribution in [2.24, 2.45) is 0 Å². The van der Waals surface area contributed by atoms with Crippen LogP contribution in [0.4, 0.5) is 5.95 Å². The fourth-order valence-corrected chi connectivity index (χ4v) is 2.17. The van der Waals surface area contributed by atoms with Gasteiger partial charge in [0, 0.05) is 30.7 Å². The van der Waals surface area contributed by atoms with Gasteiger partial charge in [0.05, 0.1) is 0 Å². The smallest absolute Gasteiger partial charge is 0.249 e. The molecule has 0 amide bonds. The minimum absolute atomic E-state index is 0.124. The van der Waals surface area contributed by atoms with Crippen LogP contribution >= 0.6 is 0 Å². The number of pyridine rings is 1. The van der Waals surface area contributed by atoms with Gasteiger partial charge in [-0.15, -0.1) is 0 Å². The lowest BCUT2D eigenvalue weighted by Crippen LogP contribution is -2.31. The lowest BCUT2D eigenvalue weighted by atomic mass is 10.1. The Bertz CT molecular complexity index is 586. The molecule has 1 fully saturated rings. The monoisotopic (exact) mass is 230 g/mol. The van der Waals surface area contributed by atoms with E-state index in [1.165, 1.54) is 25.3 Å². The van der Waals surface area contributed by atoms with Gasteiger partial charge >= 0.3 is 0 Å². The second-order valence-electron chi connectivity index (χ2n) is 4.34. The molecule has 0 unspecified atom stereocenters. The van der Waals surface area contributed by atoms with Gasteiger partial charge in [0.2, 0.25) is 11.5 Å². The van der Waals surface area contributed by atoms with Crippen molar-refractivity contribution in [2.45, 2.75) is 19.3 Å². The lowest BCUT2D eigenvalue weighted by Gasteiger charge is -2.26. The number of anilines is 1. The Balaban J connectivity index is 2.02. The zero-order chi connectivity index (χ0) is 11.7. The molecule has 2 aromatic heterocycles. The Morgan fingerprint density at radius 2 is 2.00 bits per heavy atom. The highest BCUT2D eigenvalue weighted by atomic mass is 16.1. The molecule has 3 heterocycles. The van der Waals surface area contributed by atoms with Crippen molar-refractivity contribution in [1.82, 2.24) is 15.0 Å². The van der Waals surface area contributed by atoms with Crippen LogP contribution in [0.25, 0.3) is 11.0 Å². The van der Waals surface area contributed by atoms with E-state index in [1.54, 1.807) is 12.3 Å². The maximum atomic E-state index is 11.2. The van der Waals surface area contributed by atoms with Crippen LogP contribution in [0.5, 0.6) is 0 Å². The highest BCUT2D eigenvalue weighted by Gasteiger charge is 2.13. The zero-order valence-electron chi connectivity index (χ0n) is 9.52. The molecule has 1 N–H and O–H groups in total. The molecular formula is C12H14N4O. The normalized spacial score (nSPS) is 16.4. The van der Waals surface area contributed by atoms with E-state index in [1.807, 2.05) is 0 Å². The predicted octanol–water partition coefficient (Wildman–Crippen LogP) is 1.31. The summed E-state index contributed by atoms with van der Waals surface area (Å²) in [6, 6.07) is 3.24. The number of nitrogens with zero attached hydrogens (tertiary/aromatic N) is 3. The first-order valence-corrected chi connectivity index (χ1v) is 5.94. The number of aromatic nitrogens is 3. The van der Waals surface area contributed by atoms with E-state index >= 15 is 0 Å². The quantitative estimate of drug-likeness (QED) is 0.802. The van der Waals surface area contributed by atoms with E-state index in [4.69, 9.17) is 0 Å². The Morgan fingerprint density at radius 3 is 2.82 bits per heavy atom. The summed E-state index contributed by atoms with van der Waals surface area (Å²) in [5.74, 6) is 0.721. The Morgan fingerprint density at radius 1 is 1.18 bits per heavy atom. The maximum absolute atomic E-state index is 11.2. The molecule has 1 aliphatic rings. The van der Waals surface area contributed by atoms with Crippen LogP contribution in [0.3, 0.4) is 0 Å². The Labute approximate surface area is 98.5 Å². The number of nitrogens with one attached hydrogen (secondary N) is 1. The first-order valence-electron chi connectivity index (χ1n) is 5.94. The third kappa shape index (κ3) is 2.00. The van der Waals surface area contributed by atoms with E-state index in [-0.39, 0.29) is 5.56 Å². The molecule has 1 aliphatic heterocycles. The topological polar surface area (TPSA) is 61.9 Å². The summed E-state index contributed by atoms with van der Waals surface area (Å²) in [4.78, 5) is 24.9. The number of aromatic amines is 1. The fraction of sp³-hybridized carbons (Fsp3) is 0.417. The maximum Gasteiger partial charge on any atom is 0.249 e. The SMILES string of the molecule is O=c1ccc2cnc(N3CCCCC3)nc2[nH]1. The van der Waals surface area contributed by atoms with Crippen LogP contribution in [0.2, 0.25) is 0 Å². The number of piperidine rings is 1. The van der Waals surface area contributed by atoms with E-state index in [0.717, 1.165) is 24.4 Å². The third-order valence-electron chi connectivity index (χ3n) is 3.10. The summed E-state index contributed by atoms with van der Waals surface area (Å²) in [7, 11) is 0. The van der Waals surface area contributed by atoms with Crippen LogP contribution in [0, 0.1) is 0 Å². The van der Waals surface area contributed by atoms with Crippen molar-refractivity contribution in [1.29, 1.82) is 0 Å². The molecule has 0 aliphatic carbocycles. The van der Waals surface area contributed by atoms with Gasteiger partial charge in [-0.05, 0) is 25.3 Å². The second kappa shape index (κ2) is 4.16. The molecule has 0 aromatic carbocycles. The summed E-state index contributed by atoms with van der Waals surface area (Å²) >= 11 is 0. The van der Waals surface area contributed by atoms with Crippen molar-refractivity contribution in [3.8, 4) is 0 Å². The molecule has 0 atom stereocenters. The molecule has 0 bridgehead atoms. The fourth-order valence-electron chi connectivity index (χ4n) is 2.17. The molecule has 5 nitrogen and oxygen atoms in total. The van der Waals surface area contributed by atoms with Gasteiger partial charge in [0.15, 0.2) is 0 Å². The van der Waals surface area contributed by atoms with Gasteiger partial charge in [-0.1, -0.05) is 0 Å². The number of hydrogen-bond donors (Lipinski definition) is 1. The van der Waals surface area contributed by atoms with Crippen LogP contribution in [-0.2, 0) is 0 Å². The van der Waals surface area contributed by atoms with E-state index < -0.39 is 0 Å². The largest absolute Gasteiger partial charge is 0.341 e. The van der Waals surface area contributed by atoms with Crippen LogP contribution < -0.4 is 10.5 Å². The average molecular weight is 230 g/mol. The van der Waals surface area contributed by atoms with Crippen LogP contribution in [-0.4, -0.2) is 28.0 Å². The Kier molecular flexibility index (Phi) is 2.51. The first-order chi connectivity index (χ1) is 8.33. The Hall–Kier alpha value is -1.91. The van der Waals surface area contributed by atoms with Crippen LogP contribution in [0.1, 0.15) is 19.3 Å². The molecule has 0 radical (unpaired) electrons. The summed E-state index contributed by atoms with van der Waals surface area (Å²) in [6.07, 6.45) is 5.42. The summed E-state index contributed by atoms with van der Waals surface area (Å²) in [5, 5.41) is 0.866. The third-order valence-corrected chi connectivity index (χ3v) is 3.10. The molecule has 1 saturated heterocycles. The summed E-state index contributed by atoms with van der Waals surface area (Å²) < 4.78 is 0. The van der Waals surface area contributed by atoms with Crippen molar-refractivity contribution < 1.29 is 0 Å². The molecule has 17 heavy (non-hydrogen) atoms. The number of rotatable bonds is 1. The van der Waals surface area contributed by atoms with Gasteiger partial charge in [0.25, 0.3) is 0 Å². The number of H-pyrrole nitrogens is 1. The first kappa shape index (κ1) is 10.3. The molecular weight excluding hydrogens is 216 g/mol. The van der Waals surface area contributed by atoms with Crippen molar-refractivity contribution in [3.63, 3.8) is 0 Å². The zero-order valence-corrected chi connectivity index (χ0v) is 9.52. The van der Waals surface area contributed by atoms with Crippen molar-refractivity contribution in [2.75, 3.05) is 18.0 Å². The van der Waals surface area contributed by atoms with Gasteiger partial charge in [-0.3, -0.25) is 4.79 Å². The second-order valence-corrected chi connectivity index (χ2v) is 4.34. The van der Waals surface area contributed by atoms with Gasteiger partial charge in [-0.2, -0.15) is 4.98 Å².